The molecule has 0 saturated carbocycles. The largest absolute Gasteiger partial charge is 0.497 e. The molecule has 0 spiro atoms. The molecule has 3 aromatic rings. The number of methoxy groups -OCH3 is 2. The Morgan fingerprint density at radius 2 is 1.86 bits per heavy atom. The van der Waals surface area contributed by atoms with E-state index in [2.05, 4.69) is 10.3 Å². The van der Waals surface area contributed by atoms with Crippen molar-refractivity contribution in [3.05, 3.63) is 83.1 Å². The summed E-state index contributed by atoms with van der Waals surface area (Å²) in [5, 5.41) is 3.25. The number of carbonyl (C=O) groups is 1. The van der Waals surface area contributed by atoms with Crippen LogP contribution < -0.4 is 19.5 Å². The van der Waals surface area contributed by atoms with Crippen molar-refractivity contribution in [3.63, 3.8) is 0 Å². The van der Waals surface area contributed by atoms with Crippen molar-refractivity contribution < 1.29 is 19.0 Å². The zero-order valence-corrected chi connectivity index (χ0v) is 16.8. The Morgan fingerprint density at radius 3 is 2.55 bits per heavy atom. The smallest absolute Gasteiger partial charge is 0.266 e. The number of ether oxygens (including phenoxy) is 3. The van der Waals surface area contributed by atoms with Gasteiger partial charge in [-0.3, -0.25) is 9.78 Å². The summed E-state index contributed by atoms with van der Waals surface area (Å²) in [6.45, 7) is 0.253. The minimum absolute atomic E-state index is 0.253. The van der Waals surface area contributed by atoms with Crippen LogP contribution in [0.15, 0.2) is 67.0 Å². The van der Waals surface area contributed by atoms with Gasteiger partial charge >= 0.3 is 0 Å². The average molecular weight is 413 g/mol. The number of halogens is 1. The summed E-state index contributed by atoms with van der Waals surface area (Å²) in [5.41, 5.74) is 1.34. The van der Waals surface area contributed by atoms with Crippen LogP contribution in [0, 0.1) is 0 Å². The van der Waals surface area contributed by atoms with E-state index in [9.17, 15) is 4.79 Å². The molecule has 1 aromatic heterocycles. The van der Waals surface area contributed by atoms with Crippen LogP contribution in [0.25, 0.3) is 0 Å². The van der Waals surface area contributed by atoms with Crippen molar-refractivity contribution in [2.45, 2.75) is 12.6 Å². The molecule has 1 amide bonds. The number of pyridine rings is 1. The molecule has 1 unspecified atom stereocenters. The maximum atomic E-state index is 13.0. The third-order valence-corrected chi connectivity index (χ3v) is 4.58. The predicted molar refractivity (Wildman–Crippen MR) is 110 cm³/mol. The van der Waals surface area contributed by atoms with Gasteiger partial charge in [0.05, 0.1) is 19.2 Å². The van der Waals surface area contributed by atoms with Crippen LogP contribution in [0.3, 0.4) is 0 Å². The number of carbonyl (C=O) groups excluding carboxylic acids is 1. The van der Waals surface area contributed by atoms with Gasteiger partial charge in [-0.2, -0.15) is 0 Å². The van der Waals surface area contributed by atoms with Crippen LogP contribution in [0.2, 0.25) is 5.02 Å². The topological polar surface area (TPSA) is 69.7 Å². The van der Waals surface area contributed by atoms with Crippen molar-refractivity contribution in [2.24, 2.45) is 0 Å². The number of hydrogen-bond acceptors (Lipinski definition) is 5. The zero-order valence-electron chi connectivity index (χ0n) is 16.1. The Bertz CT molecular complexity index is 966. The molecule has 29 heavy (non-hydrogen) atoms. The maximum absolute atomic E-state index is 13.0. The summed E-state index contributed by atoms with van der Waals surface area (Å²) in [6, 6.07) is 16.2. The molecule has 1 atom stereocenters. The van der Waals surface area contributed by atoms with Crippen LogP contribution in [0.1, 0.15) is 17.2 Å². The standard InChI is InChI=1S/C22H21ClN2O4/c1-27-17-9-8-15(20(12-17)28-2)13-25-22(26)21(18-10-11-24-14-19(18)23)29-16-6-4-3-5-7-16/h3-12,14,21H,13H2,1-2H3,(H,25,26). The molecule has 0 saturated heterocycles. The fourth-order valence-electron chi connectivity index (χ4n) is 2.76. The molecule has 1 N–H and O–H groups in total. The van der Waals surface area contributed by atoms with Crippen LogP contribution >= 0.6 is 11.6 Å². The van der Waals surface area contributed by atoms with E-state index in [1.54, 1.807) is 44.7 Å². The highest BCUT2D eigenvalue weighted by Crippen LogP contribution is 2.28. The van der Waals surface area contributed by atoms with Crippen molar-refractivity contribution in [2.75, 3.05) is 14.2 Å². The second kappa shape index (κ2) is 9.80. The third kappa shape index (κ3) is 5.18. The normalized spacial score (nSPS) is 11.4. The monoisotopic (exact) mass is 412 g/mol. The fraction of sp³-hybridized carbons (Fsp3) is 0.182. The molecule has 0 aliphatic rings. The number of hydrogen-bond donors (Lipinski definition) is 1. The first kappa shape index (κ1) is 20.5. The predicted octanol–water partition coefficient (Wildman–Crippen LogP) is 4.19. The number of rotatable bonds is 8. The minimum atomic E-state index is -0.933. The number of aromatic nitrogens is 1. The SMILES string of the molecule is COc1ccc(CNC(=O)C(Oc2ccccc2)c2ccncc2Cl)c(OC)c1. The molecule has 7 heteroatoms. The minimum Gasteiger partial charge on any atom is -0.497 e. The van der Waals surface area contributed by atoms with Gasteiger partial charge in [0, 0.05) is 36.1 Å². The summed E-state index contributed by atoms with van der Waals surface area (Å²) in [4.78, 5) is 17.0. The van der Waals surface area contributed by atoms with E-state index in [1.807, 2.05) is 30.3 Å². The van der Waals surface area contributed by atoms with Crippen LogP contribution in [0.4, 0.5) is 0 Å². The van der Waals surface area contributed by atoms with Gasteiger partial charge in [-0.15, -0.1) is 0 Å². The van der Waals surface area contributed by atoms with Gasteiger partial charge in [0.1, 0.15) is 17.2 Å². The first-order valence-corrected chi connectivity index (χ1v) is 9.30. The molecule has 2 aromatic carbocycles. The lowest BCUT2D eigenvalue weighted by Crippen LogP contribution is -2.32. The summed E-state index contributed by atoms with van der Waals surface area (Å²) in [7, 11) is 3.15. The molecule has 150 valence electrons. The molecule has 0 bridgehead atoms. The Morgan fingerprint density at radius 1 is 1.07 bits per heavy atom. The van der Waals surface area contributed by atoms with Crippen molar-refractivity contribution >= 4 is 17.5 Å². The maximum Gasteiger partial charge on any atom is 0.266 e. The van der Waals surface area contributed by atoms with E-state index in [0.717, 1.165) is 5.56 Å². The molecule has 0 fully saturated rings. The first-order valence-electron chi connectivity index (χ1n) is 8.92. The van der Waals surface area contributed by atoms with Gasteiger partial charge in [0.25, 0.3) is 5.91 Å². The van der Waals surface area contributed by atoms with Crippen molar-refractivity contribution in [3.8, 4) is 17.2 Å². The Hall–Kier alpha value is -3.25. The number of nitrogens with zero attached hydrogens (tertiary/aromatic N) is 1. The molecule has 0 aliphatic heterocycles. The molecular weight excluding hydrogens is 392 g/mol. The number of benzene rings is 2. The Kier molecular flexibility index (Phi) is 6.92. The van der Waals surface area contributed by atoms with E-state index < -0.39 is 6.10 Å². The van der Waals surface area contributed by atoms with E-state index in [1.165, 1.54) is 6.20 Å². The highest BCUT2D eigenvalue weighted by atomic mass is 35.5. The van der Waals surface area contributed by atoms with E-state index in [-0.39, 0.29) is 12.5 Å². The number of nitrogens with one attached hydrogen (secondary N) is 1. The second-order valence-electron chi connectivity index (χ2n) is 6.10. The van der Waals surface area contributed by atoms with E-state index >= 15 is 0 Å². The lowest BCUT2D eigenvalue weighted by molar-refractivity contribution is -0.128. The molecule has 6 nitrogen and oxygen atoms in total. The van der Waals surface area contributed by atoms with Crippen LogP contribution in [-0.4, -0.2) is 25.1 Å². The molecule has 3 rings (SSSR count). The summed E-state index contributed by atoms with van der Waals surface area (Å²) in [5.74, 6) is 1.51. The van der Waals surface area contributed by atoms with Gasteiger partial charge in [0.15, 0.2) is 0 Å². The lowest BCUT2D eigenvalue weighted by Gasteiger charge is -2.20. The highest BCUT2D eigenvalue weighted by molar-refractivity contribution is 6.31. The average Bonchev–Trinajstić information content (AvgIpc) is 2.77. The third-order valence-electron chi connectivity index (χ3n) is 4.27. The molecule has 0 radical (unpaired) electrons. The van der Waals surface area contributed by atoms with Gasteiger partial charge in [0.2, 0.25) is 6.10 Å². The first-order chi connectivity index (χ1) is 14.1. The highest BCUT2D eigenvalue weighted by Gasteiger charge is 2.25. The van der Waals surface area contributed by atoms with E-state index in [4.69, 9.17) is 25.8 Å². The Labute approximate surface area is 174 Å². The van der Waals surface area contributed by atoms with Crippen LogP contribution in [0.5, 0.6) is 17.2 Å². The van der Waals surface area contributed by atoms with Gasteiger partial charge in [-0.1, -0.05) is 29.8 Å². The number of para-hydroxylation sites is 1. The zero-order chi connectivity index (χ0) is 20.6. The fourth-order valence-corrected chi connectivity index (χ4v) is 2.98. The van der Waals surface area contributed by atoms with Crippen molar-refractivity contribution in [1.29, 1.82) is 0 Å². The second-order valence-corrected chi connectivity index (χ2v) is 6.51. The van der Waals surface area contributed by atoms with Crippen molar-refractivity contribution in [1.82, 2.24) is 10.3 Å². The number of amides is 1. The molecule has 0 aliphatic carbocycles. The summed E-state index contributed by atoms with van der Waals surface area (Å²) < 4.78 is 16.5. The van der Waals surface area contributed by atoms with Gasteiger partial charge < -0.3 is 19.5 Å². The van der Waals surface area contributed by atoms with Gasteiger partial charge in [-0.05, 0) is 30.3 Å². The summed E-state index contributed by atoms with van der Waals surface area (Å²) >= 11 is 6.27. The lowest BCUT2D eigenvalue weighted by atomic mass is 10.1. The summed E-state index contributed by atoms with van der Waals surface area (Å²) in [6.07, 6.45) is 2.12. The molecule has 1 heterocycles. The van der Waals surface area contributed by atoms with E-state index in [0.29, 0.717) is 27.8 Å². The Balaban J connectivity index is 1.81. The van der Waals surface area contributed by atoms with Crippen LogP contribution in [-0.2, 0) is 11.3 Å². The van der Waals surface area contributed by atoms with Gasteiger partial charge in [-0.25, -0.2) is 0 Å². The molecular formula is C22H21ClN2O4. The quantitative estimate of drug-likeness (QED) is 0.600.